The van der Waals surface area contributed by atoms with Crippen LogP contribution >= 0.6 is 0 Å². The number of halogens is 1. The van der Waals surface area contributed by atoms with Gasteiger partial charge in [0, 0.05) is 35.9 Å². The molecule has 6 nitrogen and oxygen atoms in total. The van der Waals surface area contributed by atoms with Gasteiger partial charge in [0.15, 0.2) is 0 Å². The third kappa shape index (κ3) is 4.51. The van der Waals surface area contributed by atoms with E-state index in [1.807, 2.05) is 24.3 Å². The first-order valence-corrected chi connectivity index (χ1v) is 9.49. The normalized spacial score (nSPS) is 10.5. The molecule has 0 aliphatic heterocycles. The predicted molar refractivity (Wildman–Crippen MR) is 116 cm³/mol. The van der Waals surface area contributed by atoms with Gasteiger partial charge in [0.05, 0.1) is 0 Å². The molecule has 3 aromatic carbocycles. The van der Waals surface area contributed by atoms with Crippen molar-refractivity contribution in [1.29, 1.82) is 0 Å². The van der Waals surface area contributed by atoms with Gasteiger partial charge in [-0.25, -0.2) is 4.39 Å². The van der Waals surface area contributed by atoms with Crippen LogP contribution in [0.1, 0.15) is 20.8 Å². The maximum Gasteiger partial charge on any atom is 0.269 e. The van der Waals surface area contributed by atoms with Gasteiger partial charge < -0.3 is 15.4 Å². The first-order chi connectivity index (χ1) is 15.0. The average Bonchev–Trinajstić information content (AvgIpc) is 2.78. The fourth-order valence-corrected chi connectivity index (χ4v) is 3.12. The topological polar surface area (TPSA) is 80.3 Å². The first-order valence-electron chi connectivity index (χ1n) is 9.49. The number of nitrogens with one attached hydrogen (secondary N) is 2. The van der Waals surface area contributed by atoms with Crippen LogP contribution in [0, 0.1) is 5.82 Å². The van der Waals surface area contributed by atoms with E-state index in [9.17, 15) is 14.0 Å². The number of hydrogen-bond donors (Lipinski definition) is 2. The molecule has 2 N–H and O–H groups in total. The summed E-state index contributed by atoms with van der Waals surface area (Å²) < 4.78 is 19.3. The molecule has 0 atom stereocenters. The molecule has 0 fully saturated rings. The fraction of sp³-hybridized carbons (Fsp3) is 0.0417. The number of carbonyl (C=O) groups is 2. The second-order valence-corrected chi connectivity index (χ2v) is 6.71. The minimum atomic E-state index is -0.469. The second kappa shape index (κ2) is 8.62. The monoisotopic (exact) mass is 415 g/mol. The number of nitrogens with zero attached hydrogens (tertiary/aromatic N) is 1. The first kappa shape index (κ1) is 20.0. The summed E-state index contributed by atoms with van der Waals surface area (Å²) in [5.74, 6) is -0.129. The van der Waals surface area contributed by atoms with Gasteiger partial charge in [-0.3, -0.25) is 14.6 Å². The third-order valence-corrected chi connectivity index (χ3v) is 4.61. The highest BCUT2D eigenvalue weighted by Crippen LogP contribution is 2.30. The van der Waals surface area contributed by atoms with Crippen LogP contribution in [0.15, 0.2) is 79.0 Å². The summed E-state index contributed by atoms with van der Waals surface area (Å²) in [5, 5.41) is 6.99. The summed E-state index contributed by atoms with van der Waals surface area (Å²) in [6, 6.07) is 19.6. The van der Waals surface area contributed by atoms with E-state index in [-0.39, 0.29) is 17.2 Å². The molecule has 0 aliphatic rings. The lowest BCUT2D eigenvalue weighted by Crippen LogP contribution is -2.18. The van der Waals surface area contributed by atoms with Crippen molar-refractivity contribution < 1.29 is 18.7 Å². The molecule has 0 spiro atoms. The van der Waals surface area contributed by atoms with E-state index in [0.29, 0.717) is 17.2 Å². The predicted octanol–water partition coefficient (Wildman–Crippen LogP) is 4.78. The van der Waals surface area contributed by atoms with Crippen molar-refractivity contribution >= 4 is 28.3 Å². The summed E-state index contributed by atoms with van der Waals surface area (Å²) in [6.07, 6.45) is 1.50. The van der Waals surface area contributed by atoms with E-state index in [2.05, 4.69) is 15.6 Å². The summed E-state index contributed by atoms with van der Waals surface area (Å²) in [4.78, 5) is 28.3. The quantitative estimate of drug-likeness (QED) is 0.492. The fourth-order valence-electron chi connectivity index (χ4n) is 3.12. The zero-order valence-electron chi connectivity index (χ0n) is 16.6. The standard InChI is InChI=1S/C24H18FN3O3/c1-26-24(30)22-14-19(10-11-27-22)31-18-8-9-20-15(13-18)4-3-7-21(20)28-23(29)16-5-2-6-17(25)12-16/h2-14H,1H3,(H,26,30)(H,28,29). The zero-order valence-corrected chi connectivity index (χ0v) is 16.6. The molecule has 0 radical (unpaired) electrons. The largest absolute Gasteiger partial charge is 0.457 e. The highest BCUT2D eigenvalue weighted by atomic mass is 19.1. The Balaban J connectivity index is 1.58. The van der Waals surface area contributed by atoms with Gasteiger partial charge in [-0.05, 0) is 53.9 Å². The van der Waals surface area contributed by atoms with Crippen molar-refractivity contribution in [2.75, 3.05) is 12.4 Å². The zero-order chi connectivity index (χ0) is 21.8. The van der Waals surface area contributed by atoms with Crippen molar-refractivity contribution in [3.05, 3.63) is 96.1 Å². The van der Waals surface area contributed by atoms with Crippen LogP contribution in [0.2, 0.25) is 0 Å². The summed E-state index contributed by atoms with van der Waals surface area (Å²) in [6.45, 7) is 0. The Morgan fingerprint density at radius 3 is 2.52 bits per heavy atom. The van der Waals surface area contributed by atoms with Gasteiger partial charge >= 0.3 is 0 Å². The van der Waals surface area contributed by atoms with Gasteiger partial charge in [-0.1, -0.05) is 18.2 Å². The molecule has 2 amide bonds. The third-order valence-electron chi connectivity index (χ3n) is 4.61. The Kier molecular flexibility index (Phi) is 5.57. The molecular weight excluding hydrogens is 397 g/mol. The Bertz CT molecular complexity index is 1290. The second-order valence-electron chi connectivity index (χ2n) is 6.71. The molecule has 1 heterocycles. The van der Waals surface area contributed by atoms with Crippen LogP contribution in [-0.2, 0) is 0 Å². The van der Waals surface area contributed by atoms with Gasteiger partial charge in [-0.15, -0.1) is 0 Å². The number of aromatic nitrogens is 1. The minimum absolute atomic E-state index is 0.238. The van der Waals surface area contributed by atoms with Crippen LogP contribution < -0.4 is 15.4 Å². The van der Waals surface area contributed by atoms with Crippen molar-refractivity contribution in [3.8, 4) is 11.5 Å². The highest BCUT2D eigenvalue weighted by Gasteiger charge is 2.11. The molecule has 0 saturated carbocycles. The van der Waals surface area contributed by atoms with Crippen molar-refractivity contribution in [2.45, 2.75) is 0 Å². The Labute approximate surface area is 177 Å². The van der Waals surface area contributed by atoms with Gasteiger partial charge in [0.2, 0.25) is 0 Å². The van der Waals surface area contributed by atoms with E-state index >= 15 is 0 Å². The van der Waals surface area contributed by atoms with Crippen LogP contribution in [-0.4, -0.2) is 23.8 Å². The Morgan fingerprint density at radius 2 is 1.71 bits per heavy atom. The van der Waals surface area contributed by atoms with E-state index in [1.54, 1.807) is 30.3 Å². The Morgan fingerprint density at radius 1 is 0.903 bits per heavy atom. The van der Waals surface area contributed by atoms with E-state index in [4.69, 9.17) is 4.74 Å². The maximum atomic E-state index is 13.4. The molecule has 0 unspecified atom stereocenters. The minimum Gasteiger partial charge on any atom is -0.457 e. The molecule has 1 aromatic heterocycles. The van der Waals surface area contributed by atoms with E-state index in [0.717, 1.165) is 10.8 Å². The number of pyridine rings is 1. The number of fused-ring (bicyclic) bond motifs is 1. The van der Waals surface area contributed by atoms with Crippen LogP contribution in [0.25, 0.3) is 10.8 Å². The number of carbonyl (C=O) groups excluding carboxylic acids is 2. The van der Waals surface area contributed by atoms with Crippen molar-refractivity contribution in [3.63, 3.8) is 0 Å². The highest BCUT2D eigenvalue weighted by molar-refractivity contribution is 6.09. The van der Waals surface area contributed by atoms with Crippen LogP contribution in [0.4, 0.5) is 10.1 Å². The van der Waals surface area contributed by atoms with Gasteiger partial charge in [0.1, 0.15) is 23.0 Å². The van der Waals surface area contributed by atoms with Gasteiger partial charge in [-0.2, -0.15) is 0 Å². The molecular formula is C24H18FN3O3. The molecule has 154 valence electrons. The molecule has 0 saturated heterocycles. The van der Waals surface area contributed by atoms with E-state index < -0.39 is 11.7 Å². The number of rotatable bonds is 5. The number of ether oxygens (including phenoxy) is 1. The SMILES string of the molecule is CNC(=O)c1cc(Oc2ccc3c(NC(=O)c4cccc(F)c4)cccc3c2)ccn1. The molecule has 4 rings (SSSR count). The number of benzene rings is 3. The Hall–Kier alpha value is -4.26. The lowest BCUT2D eigenvalue weighted by Gasteiger charge is -2.11. The summed E-state index contributed by atoms with van der Waals surface area (Å²) in [5.41, 5.74) is 1.09. The molecule has 7 heteroatoms. The van der Waals surface area contributed by atoms with Crippen molar-refractivity contribution in [2.24, 2.45) is 0 Å². The molecule has 0 aliphatic carbocycles. The van der Waals surface area contributed by atoms with Crippen molar-refractivity contribution in [1.82, 2.24) is 10.3 Å². The maximum absolute atomic E-state index is 13.4. The molecule has 4 aromatic rings. The number of hydrogen-bond acceptors (Lipinski definition) is 4. The van der Waals surface area contributed by atoms with E-state index in [1.165, 1.54) is 31.4 Å². The van der Waals surface area contributed by atoms with Gasteiger partial charge in [0.25, 0.3) is 11.8 Å². The smallest absolute Gasteiger partial charge is 0.269 e. The lowest BCUT2D eigenvalue weighted by molar-refractivity contribution is 0.0957. The van der Waals surface area contributed by atoms with Crippen LogP contribution in [0.3, 0.4) is 0 Å². The summed E-state index contributed by atoms with van der Waals surface area (Å²) >= 11 is 0. The lowest BCUT2D eigenvalue weighted by atomic mass is 10.1. The van der Waals surface area contributed by atoms with Crippen LogP contribution in [0.5, 0.6) is 11.5 Å². The number of anilines is 1. The molecule has 0 bridgehead atoms. The number of amides is 2. The molecule has 31 heavy (non-hydrogen) atoms. The average molecular weight is 415 g/mol. The summed E-state index contributed by atoms with van der Waals surface area (Å²) in [7, 11) is 1.53.